The Morgan fingerprint density at radius 2 is 2.14 bits per heavy atom. The topological polar surface area (TPSA) is 72.0 Å². The molecule has 1 fully saturated rings. The van der Waals surface area contributed by atoms with E-state index >= 15 is 0 Å². The molecule has 1 aromatic rings. The van der Waals surface area contributed by atoms with Crippen LogP contribution in [0.15, 0.2) is 17.1 Å². The van der Waals surface area contributed by atoms with E-state index < -0.39 is 0 Å². The highest BCUT2D eigenvalue weighted by atomic mass is 16.5. The Labute approximate surface area is 129 Å². The maximum atomic E-state index is 12.1. The van der Waals surface area contributed by atoms with Gasteiger partial charge in [0.25, 0.3) is 0 Å². The molecule has 1 aliphatic carbocycles. The molecule has 6 nitrogen and oxygen atoms in total. The standard InChI is InChI=1S/C16H21N3O3/c1-9-6-12(10-4-5-10)13(16(20)22-3)7-11(9)15-17-14(8-21-2)18-19-15/h6-7,10,14,18H,4-5,8H2,1-3H3,(H,17,19). The number of esters is 1. The number of hydrogen-bond donors (Lipinski definition) is 2. The molecule has 0 radical (unpaired) electrons. The Hall–Kier alpha value is -1.92. The molecular formula is C16H21N3O3. The molecule has 1 unspecified atom stereocenters. The number of nitrogens with zero attached hydrogens (tertiary/aromatic N) is 1. The van der Waals surface area contributed by atoms with Crippen LogP contribution in [0.4, 0.5) is 0 Å². The molecular weight excluding hydrogens is 282 g/mol. The van der Waals surface area contributed by atoms with Gasteiger partial charge in [-0.2, -0.15) is 0 Å². The predicted molar refractivity (Wildman–Crippen MR) is 83.0 cm³/mol. The number of aliphatic imine (C=N–C) groups is 1. The molecule has 6 heteroatoms. The average Bonchev–Trinajstić information content (AvgIpc) is 3.26. The second-order valence-corrected chi connectivity index (χ2v) is 5.74. The van der Waals surface area contributed by atoms with Crippen LogP contribution < -0.4 is 10.9 Å². The van der Waals surface area contributed by atoms with Gasteiger partial charge in [0, 0.05) is 12.7 Å². The van der Waals surface area contributed by atoms with Gasteiger partial charge in [-0.05, 0) is 42.9 Å². The van der Waals surface area contributed by atoms with Crippen LogP contribution in [0.3, 0.4) is 0 Å². The lowest BCUT2D eigenvalue weighted by Crippen LogP contribution is -2.37. The fourth-order valence-corrected chi connectivity index (χ4v) is 2.75. The first-order chi connectivity index (χ1) is 10.6. The Morgan fingerprint density at radius 1 is 1.36 bits per heavy atom. The van der Waals surface area contributed by atoms with Crippen LogP contribution in [-0.4, -0.2) is 38.8 Å². The van der Waals surface area contributed by atoms with Crippen LogP contribution in [0.25, 0.3) is 0 Å². The Balaban J connectivity index is 1.98. The van der Waals surface area contributed by atoms with E-state index in [4.69, 9.17) is 9.47 Å². The minimum Gasteiger partial charge on any atom is -0.465 e. The van der Waals surface area contributed by atoms with Gasteiger partial charge in [-0.1, -0.05) is 6.07 Å². The Kier molecular flexibility index (Phi) is 4.13. The van der Waals surface area contributed by atoms with Gasteiger partial charge in [0.2, 0.25) is 0 Å². The van der Waals surface area contributed by atoms with Gasteiger partial charge in [-0.15, -0.1) is 0 Å². The van der Waals surface area contributed by atoms with Crippen LogP contribution in [0.2, 0.25) is 0 Å². The summed E-state index contributed by atoms with van der Waals surface area (Å²) in [6.07, 6.45) is 2.16. The van der Waals surface area contributed by atoms with Crippen molar-refractivity contribution in [1.82, 2.24) is 10.9 Å². The summed E-state index contributed by atoms with van der Waals surface area (Å²) < 4.78 is 10.0. The van der Waals surface area contributed by atoms with Crippen LogP contribution in [0, 0.1) is 6.92 Å². The fraction of sp³-hybridized carbons (Fsp3) is 0.500. The van der Waals surface area contributed by atoms with E-state index in [0.717, 1.165) is 35.4 Å². The number of hydrogen-bond acceptors (Lipinski definition) is 6. The number of methoxy groups -OCH3 is 2. The third kappa shape index (κ3) is 2.84. The van der Waals surface area contributed by atoms with E-state index in [2.05, 4.69) is 21.9 Å². The lowest BCUT2D eigenvalue weighted by Gasteiger charge is -2.13. The average molecular weight is 303 g/mol. The highest BCUT2D eigenvalue weighted by molar-refractivity contribution is 6.03. The van der Waals surface area contributed by atoms with Crippen molar-refractivity contribution in [1.29, 1.82) is 0 Å². The molecule has 0 bridgehead atoms. The number of nitrogens with one attached hydrogen (secondary N) is 2. The SMILES string of the molecule is COCC1N=C(c2cc(C(=O)OC)c(C3CC3)cc2C)NN1. The van der Waals surface area contributed by atoms with Crippen molar-refractivity contribution in [3.63, 3.8) is 0 Å². The molecule has 1 heterocycles. The molecule has 1 aliphatic heterocycles. The van der Waals surface area contributed by atoms with E-state index in [1.165, 1.54) is 7.11 Å². The van der Waals surface area contributed by atoms with Gasteiger partial charge in [0.15, 0.2) is 0 Å². The first kappa shape index (κ1) is 15.0. The number of benzene rings is 1. The highest BCUT2D eigenvalue weighted by Crippen LogP contribution is 2.42. The number of carbonyl (C=O) groups is 1. The minimum absolute atomic E-state index is 0.121. The van der Waals surface area contributed by atoms with Gasteiger partial charge in [-0.3, -0.25) is 0 Å². The molecule has 0 spiro atoms. The Morgan fingerprint density at radius 3 is 2.77 bits per heavy atom. The number of aryl methyl sites for hydroxylation is 1. The molecule has 2 aliphatic rings. The fourth-order valence-electron chi connectivity index (χ4n) is 2.75. The van der Waals surface area contributed by atoms with Crippen molar-refractivity contribution < 1.29 is 14.3 Å². The number of rotatable bonds is 5. The normalized spacial score (nSPS) is 20.5. The zero-order valence-corrected chi connectivity index (χ0v) is 13.1. The minimum atomic E-state index is -0.289. The summed E-state index contributed by atoms with van der Waals surface area (Å²) >= 11 is 0. The molecule has 118 valence electrons. The smallest absolute Gasteiger partial charge is 0.338 e. The van der Waals surface area contributed by atoms with E-state index in [1.54, 1.807) is 7.11 Å². The second-order valence-electron chi connectivity index (χ2n) is 5.74. The van der Waals surface area contributed by atoms with Crippen molar-refractivity contribution in [3.8, 4) is 0 Å². The van der Waals surface area contributed by atoms with Crippen LogP contribution in [-0.2, 0) is 9.47 Å². The van der Waals surface area contributed by atoms with Crippen LogP contribution in [0.1, 0.15) is 45.8 Å². The van der Waals surface area contributed by atoms with Gasteiger partial charge in [0.05, 0.1) is 19.3 Å². The lowest BCUT2D eigenvalue weighted by molar-refractivity contribution is 0.0599. The van der Waals surface area contributed by atoms with Gasteiger partial charge in [0.1, 0.15) is 12.0 Å². The van der Waals surface area contributed by atoms with Crippen LogP contribution >= 0.6 is 0 Å². The largest absolute Gasteiger partial charge is 0.465 e. The maximum absolute atomic E-state index is 12.1. The molecule has 0 amide bonds. The third-order valence-corrected chi connectivity index (χ3v) is 4.04. The highest BCUT2D eigenvalue weighted by Gasteiger charge is 2.30. The number of ether oxygens (including phenoxy) is 2. The van der Waals surface area contributed by atoms with Gasteiger partial charge < -0.3 is 14.9 Å². The maximum Gasteiger partial charge on any atom is 0.338 e. The van der Waals surface area contributed by atoms with Crippen molar-refractivity contribution in [2.75, 3.05) is 20.8 Å². The molecule has 1 atom stereocenters. The van der Waals surface area contributed by atoms with Crippen molar-refractivity contribution in [3.05, 3.63) is 34.4 Å². The zero-order valence-electron chi connectivity index (χ0n) is 13.1. The second kappa shape index (κ2) is 6.06. The van der Waals surface area contributed by atoms with E-state index in [-0.39, 0.29) is 12.1 Å². The number of hydrazine groups is 1. The summed E-state index contributed by atoms with van der Waals surface area (Å²) in [5, 5.41) is 0. The van der Waals surface area contributed by atoms with E-state index in [0.29, 0.717) is 18.1 Å². The predicted octanol–water partition coefficient (Wildman–Crippen LogP) is 1.49. The molecule has 3 rings (SSSR count). The van der Waals surface area contributed by atoms with Crippen molar-refractivity contribution >= 4 is 11.8 Å². The first-order valence-electron chi connectivity index (χ1n) is 7.45. The number of carbonyl (C=O) groups excluding carboxylic acids is 1. The monoisotopic (exact) mass is 303 g/mol. The molecule has 0 aromatic heterocycles. The molecule has 0 saturated heterocycles. The summed E-state index contributed by atoms with van der Waals surface area (Å²) in [7, 11) is 3.06. The zero-order chi connectivity index (χ0) is 15.7. The molecule has 2 N–H and O–H groups in total. The summed E-state index contributed by atoms with van der Waals surface area (Å²) in [5.74, 6) is 0.926. The summed E-state index contributed by atoms with van der Waals surface area (Å²) in [4.78, 5) is 16.6. The number of amidine groups is 1. The van der Waals surface area contributed by atoms with Crippen molar-refractivity contribution in [2.24, 2.45) is 4.99 Å². The van der Waals surface area contributed by atoms with E-state index in [9.17, 15) is 4.79 Å². The molecule has 1 saturated carbocycles. The third-order valence-electron chi connectivity index (χ3n) is 4.04. The Bertz CT molecular complexity index is 623. The van der Waals surface area contributed by atoms with Crippen LogP contribution in [0.5, 0.6) is 0 Å². The lowest BCUT2D eigenvalue weighted by atomic mass is 9.95. The van der Waals surface area contributed by atoms with E-state index in [1.807, 2.05) is 13.0 Å². The molecule has 22 heavy (non-hydrogen) atoms. The summed E-state index contributed by atoms with van der Waals surface area (Å²) in [6.45, 7) is 2.52. The van der Waals surface area contributed by atoms with Gasteiger partial charge in [-0.25, -0.2) is 15.2 Å². The first-order valence-corrected chi connectivity index (χ1v) is 7.45. The van der Waals surface area contributed by atoms with Crippen molar-refractivity contribution in [2.45, 2.75) is 31.8 Å². The van der Waals surface area contributed by atoms with Gasteiger partial charge >= 0.3 is 5.97 Å². The molecule has 1 aromatic carbocycles. The summed E-state index contributed by atoms with van der Waals surface area (Å²) in [6, 6.07) is 3.98. The summed E-state index contributed by atoms with van der Waals surface area (Å²) in [5.41, 5.74) is 9.86. The quantitative estimate of drug-likeness (QED) is 0.806.